The number of fused-ring (bicyclic) bond motifs is 1. The molecule has 2 aliphatic heterocycles. The van der Waals surface area contributed by atoms with Gasteiger partial charge in [-0.15, -0.1) is 0 Å². The van der Waals surface area contributed by atoms with Gasteiger partial charge in [0.25, 0.3) is 5.91 Å². The lowest BCUT2D eigenvalue weighted by atomic mass is 9.89. The average Bonchev–Trinajstić information content (AvgIpc) is 2.68. The molecule has 0 aliphatic carbocycles. The molecule has 1 fully saturated rings. The van der Waals surface area contributed by atoms with E-state index in [9.17, 15) is 14.7 Å². The second kappa shape index (κ2) is 6.83. The van der Waals surface area contributed by atoms with Gasteiger partial charge in [0.15, 0.2) is 6.10 Å². The van der Waals surface area contributed by atoms with Gasteiger partial charge in [0, 0.05) is 19.5 Å². The number of aromatic hydroxyl groups is 1. The fourth-order valence-electron chi connectivity index (χ4n) is 3.85. The van der Waals surface area contributed by atoms with Crippen LogP contribution in [-0.4, -0.2) is 41.1 Å². The van der Waals surface area contributed by atoms with Gasteiger partial charge in [-0.1, -0.05) is 30.3 Å². The predicted molar refractivity (Wildman–Crippen MR) is 96.0 cm³/mol. The van der Waals surface area contributed by atoms with Crippen LogP contribution in [0.2, 0.25) is 0 Å². The number of esters is 1. The lowest BCUT2D eigenvalue weighted by Gasteiger charge is -2.35. The minimum absolute atomic E-state index is 0.1000. The number of nitrogens with zero attached hydrogens (tertiary/aromatic N) is 1. The molecule has 5 nitrogen and oxygen atoms in total. The molecule has 26 heavy (non-hydrogen) atoms. The fourth-order valence-corrected chi connectivity index (χ4v) is 3.85. The first kappa shape index (κ1) is 16.6. The number of ether oxygens (including phenoxy) is 1. The number of benzene rings is 2. The van der Waals surface area contributed by atoms with E-state index < -0.39 is 12.1 Å². The highest BCUT2D eigenvalue weighted by Gasteiger charge is 2.35. The molecule has 1 saturated heterocycles. The number of carbonyl (C=O) groups excluding carboxylic acids is 2. The van der Waals surface area contributed by atoms with E-state index in [0.717, 1.165) is 18.4 Å². The number of phenolic OH excluding ortho intramolecular Hbond substituents is 1. The van der Waals surface area contributed by atoms with Crippen LogP contribution in [0.4, 0.5) is 0 Å². The topological polar surface area (TPSA) is 66.8 Å². The molecule has 5 heteroatoms. The van der Waals surface area contributed by atoms with Crippen LogP contribution < -0.4 is 0 Å². The first-order valence-corrected chi connectivity index (χ1v) is 8.98. The number of likely N-dealkylation sites (tertiary alicyclic amines) is 1. The molecule has 2 aromatic rings. The van der Waals surface area contributed by atoms with Gasteiger partial charge in [-0.2, -0.15) is 0 Å². The van der Waals surface area contributed by atoms with Crippen LogP contribution in [-0.2, 0) is 16.0 Å². The molecule has 1 unspecified atom stereocenters. The second-order valence-corrected chi connectivity index (χ2v) is 6.95. The molecule has 2 aromatic carbocycles. The van der Waals surface area contributed by atoms with Crippen molar-refractivity contribution in [3.8, 4) is 5.75 Å². The van der Waals surface area contributed by atoms with Gasteiger partial charge in [-0.3, -0.25) is 4.79 Å². The van der Waals surface area contributed by atoms with Crippen molar-refractivity contribution in [2.24, 2.45) is 0 Å². The number of phenols is 1. The highest BCUT2D eigenvalue weighted by Crippen LogP contribution is 2.30. The highest BCUT2D eigenvalue weighted by atomic mass is 16.5. The Balaban J connectivity index is 1.40. The number of piperidine rings is 1. The first-order chi connectivity index (χ1) is 12.6. The standard InChI is InChI=1S/C21H21NO4/c23-17-7-5-14(6-8-17)15-9-11-22(12-10-15)20(24)19-13-16-3-1-2-4-18(16)21(25)26-19/h1-8,15,19,23H,9-13H2. The summed E-state index contributed by atoms with van der Waals surface area (Å²) in [7, 11) is 0. The largest absolute Gasteiger partial charge is 0.508 e. The van der Waals surface area contributed by atoms with Crippen molar-refractivity contribution in [2.75, 3.05) is 13.1 Å². The quantitative estimate of drug-likeness (QED) is 0.845. The summed E-state index contributed by atoms with van der Waals surface area (Å²) in [5, 5.41) is 9.41. The Morgan fingerprint density at radius 1 is 1.04 bits per heavy atom. The monoisotopic (exact) mass is 351 g/mol. The average molecular weight is 351 g/mol. The normalized spacial score (nSPS) is 20.4. The van der Waals surface area contributed by atoms with Gasteiger partial charge >= 0.3 is 5.97 Å². The zero-order valence-electron chi connectivity index (χ0n) is 14.4. The maximum atomic E-state index is 12.8. The van der Waals surface area contributed by atoms with Crippen LogP contribution in [0.15, 0.2) is 48.5 Å². The SMILES string of the molecule is O=C1OC(C(=O)N2CCC(c3ccc(O)cc3)CC2)Cc2ccccc21. The van der Waals surface area contributed by atoms with Gasteiger partial charge in [-0.25, -0.2) is 4.79 Å². The molecule has 0 bridgehead atoms. The third-order valence-corrected chi connectivity index (χ3v) is 5.34. The van der Waals surface area contributed by atoms with Gasteiger partial charge in [0.1, 0.15) is 5.75 Å². The minimum atomic E-state index is -0.720. The summed E-state index contributed by atoms with van der Waals surface area (Å²) in [6, 6.07) is 14.6. The predicted octanol–water partition coefficient (Wildman–Crippen LogP) is 2.88. The van der Waals surface area contributed by atoms with E-state index in [-0.39, 0.29) is 11.7 Å². The third kappa shape index (κ3) is 3.17. The van der Waals surface area contributed by atoms with Crippen LogP contribution in [0.3, 0.4) is 0 Å². The number of rotatable bonds is 2. The second-order valence-electron chi connectivity index (χ2n) is 6.95. The molecule has 1 amide bonds. The molecule has 0 spiro atoms. The summed E-state index contributed by atoms with van der Waals surface area (Å²) < 4.78 is 5.39. The summed E-state index contributed by atoms with van der Waals surface area (Å²) in [5.74, 6) is 0.135. The number of amides is 1. The van der Waals surface area contributed by atoms with Gasteiger partial charge < -0.3 is 14.7 Å². The Bertz CT molecular complexity index is 822. The number of cyclic esters (lactones) is 1. The van der Waals surface area contributed by atoms with Crippen LogP contribution in [0.1, 0.15) is 40.2 Å². The fraction of sp³-hybridized carbons (Fsp3) is 0.333. The summed E-state index contributed by atoms with van der Waals surface area (Å²) in [5.41, 5.74) is 2.62. The smallest absolute Gasteiger partial charge is 0.339 e. The van der Waals surface area contributed by atoms with E-state index in [0.29, 0.717) is 31.0 Å². The lowest BCUT2D eigenvalue weighted by molar-refractivity contribution is -0.142. The van der Waals surface area contributed by atoms with E-state index >= 15 is 0 Å². The molecule has 0 saturated carbocycles. The molecule has 134 valence electrons. The van der Waals surface area contributed by atoms with Gasteiger partial charge in [0.05, 0.1) is 5.56 Å². The van der Waals surface area contributed by atoms with Crippen LogP contribution in [0.5, 0.6) is 5.75 Å². The summed E-state index contributed by atoms with van der Waals surface area (Å²) in [4.78, 5) is 26.8. The van der Waals surface area contributed by atoms with E-state index in [1.54, 1.807) is 24.3 Å². The Kier molecular flexibility index (Phi) is 4.37. The van der Waals surface area contributed by atoms with Crippen molar-refractivity contribution in [1.29, 1.82) is 0 Å². The minimum Gasteiger partial charge on any atom is -0.508 e. The molecule has 0 aromatic heterocycles. The van der Waals surface area contributed by atoms with E-state index in [1.165, 1.54) is 5.56 Å². The van der Waals surface area contributed by atoms with Crippen LogP contribution in [0.25, 0.3) is 0 Å². The molecule has 4 rings (SSSR count). The zero-order valence-corrected chi connectivity index (χ0v) is 14.4. The Hall–Kier alpha value is -2.82. The molecule has 1 N–H and O–H groups in total. The Morgan fingerprint density at radius 3 is 2.46 bits per heavy atom. The van der Waals surface area contributed by atoms with Crippen molar-refractivity contribution in [2.45, 2.75) is 31.3 Å². The van der Waals surface area contributed by atoms with Crippen molar-refractivity contribution < 1.29 is 19.4 Å². The molecule has 1 atom stereocenters. The summed E-state index contributed by atoms with van der Waals surface area (Å²) in [6.07, 6.45) is 1.46. The van der Waals surface area contributed by atoms with E-state index in [4.69, 9.17) is 4.74 Å². The first-order valence-electron chi connectivity index (χ1n) is 8.98. The van der Waals surface area contributed by atoms with Crippen molar-refractivity contribution in [1.82, 2.24) is 4.90 Å². The Morgan fingerprint density at radius 2 is 1.73 bits per heavy atom. The van der Waals surface area contributed by atoms with E-state index in [2.05, 4.69) is 0 Å². The molecular weight excluding hydrogens is 330 g/mol. The van der Waals surface area contributed by atoms with Crippen molar-refractivity contribution in [3.05, 3.63) is 65.2 Å². The maximum Gasteiger partial charge on any atom is 0.339 e. The molecular formula is C21H21NO4. The number of hydrogen-bond acceptors (Lipinski definition) is 4. The number of carbonyl (C=O) groups is 2. The third-order valence-electron chi connectivity index (χ3n) is 5.34. The summed E-state index contributed by atoms with van der Waals surface area (Å²) in [6.45, 7) is 1.31. The Labute approximate surface area is 152 Å². The molecule has 2 heterocycles. The van der Waals surface area contributed by atoms with Crippen molar-refractivity contribution in [3.63, 3.8) is 0 Å². The summed E-state index contributed by atoms with van der Waals surface area (Å²) >= 11 is 0. The van der Waals surface area contributed by atoms with Crippen LogP contribution in [0, 0.1) is 0 Å². The van der Waals surface area contributed by atoms with Gasteiger partial charge in [0.2, 0.25) is 0 Å². The van der Waals surface area contributed by atoms with E-state index in [1.807, 2.05) is 29.2 Å². The number of hydrogen-bond donors (Lipinski definition) is 1. The highest BCUT2D eigenvalue weighted by molar-refractivity contribution is 5.95. The van der Waals surface area contributed by atoms with Gasteiger partial charge in [-0.05, 0) is 48.1 Å². The molecule has 2 aliphatic rings. The zero-order chi connectivity index (χ0) is 18.1. The van der Waals surface area contributed by atoms with Crippen molar-refractivity contribution >= 4 is 11.9 Å². The molecule has 0 radical (unpaired) electrons. The lowest BCUT2D eigenvalue weighted by Crippen LogP contribution is -2.47. The maximum absolute atomic E-state index is 12.8. The van der Waals surface area contributed by atoms with Crippen LogP contribution >= 0.6 is 0 Å².